The fraction of sp³-hybridized carbons (Fsp3) is 0.462. The van der Waals surface area contributed by atoms with Crippen molar-refractivity contribution in [2.75, 3.05) is 26.3 Å². The van der Waals surface area contributed by atoms with Crippen LogP contribution in [0, 0.1) is 0 Å². The van der Waals surface area contributed by atoms with Crippen LogP contribution in [-0.2, 0) is 10.2 Å². The number of rotatable bonds is 5. The zero-order chi connectivity index (χ0) is 22.7. The van der Waals surface area contributed by atoms with Gasteiger partial charge in [-0.2, -0.15) is 0 Å². The minimum absolute atomic E-state index is 0.0407. The van der Waals surface area contributed by atoms with Gasteiger partial charge in [-0.1, -0.05) is 39.0 Å². The lowest BCUT2D eigenvalue weighted by atomic mass is 9.87. The highest BCUT2D eigenvalue weighted by Crippen LogP contribution is 2.38. The van der Waals surface area contributed by atoms with E-state index in [9.17, 15) is 9.59 Å². The molecular weight excluding hydrogens is 404 g/mol. The van der Waals surface area contributed by atoms with Crippen molar-refractivity contribution in [2.24, 2.45) is 0 Å². The minimum atomic E-state index is -0.150. The molecule has 6 heteroatoms. The predicted molar refractivity (Wildman–Crippen MR) is 123 cm³/mol. The Bertz CT molecular complexity index is 978. The minimum Gasteiger partial charge on any atom is -0.486 e. The molecule has 0 radical (unpaired) electrons. The van der Waals surface area contributed by atoms with E-state index in [0.29, 0.717) is 25.3 Å². The van der Waals surface area contributed by atoms with Gasteiger partial charge in [0.05, 0.1) is 6.04 Å². The van der Waals surface area contributed by atoms with Crippen molar-refractivity contribution in [3.05, 3.63) is 59.2 Å². The van der Waals surface area contributed by atoms with Gasteiger partial charge in [0.15, 0.2) is 11.5 Å². The first-order chi connectivity index (χ1) is 15.3. The van der Waals surface area contributed by atoms with E-state index in [4.69, 9.17) is 9.47 Å². The maximum absolute atomic E-state index is 12.9. The lowest BCUT2D eigenvalue weighted by molar-refractivity contribution is -0.132. The highest BCUT2D eigenvalue weighted by atomic mass is 16.6. The Balaban J connectivity index is 1.32. The number of nitrogens with one attached hydrogen (secondary N) is 1. The summed E-state index contributed by atoms with van der Waals surface area (Å²) in [6.07, 6.45) is 2.18. The fourth-order valence-electron chi connectivity index (χ4n) is 4.33. The quantitative estimate of drug-likeness (QED) is 0.761. The van der Waals surface area contributed by atoms with Crippen LogP contribution in [0.15, 0.2) is 42.5 Å². The molecule has 2 aliphatic heterocycles. The molecule has 1 unspecified atom stereocenters. The monoisotopic (exact) mass is 436 g/mol. The van der Waals surface area contributed by atoms with Gasteiger partial charge in [0.25, 0.3) is 5.91 Å². The number of nitrogens with zero attached hydrogens (tertiary/aromatic N) is 1. The summed E-state index contributed by atoms with van der Waals surface area (Å²) in [4.78, 5) is 27.3. The number of fused-ring (bicyclic) bond motifs is 1. The van der Waals surface area contributed by atoms with Gasteiger partial charge in [-0.25, -0.2) is 0 Å². The van der Waals surface area contributed by atoms with E-state index in [2.05, 4.69) is 26.1 Å². The largest absolute Gasteiger partial charge is 0.486 e. The second-order valence-electron chi connectivity index (χ2n) is 9.48. The molecule has 2 heterocycles. The molecule has 32 heavy (non-hydrogen) atoms. The standard InChI is InChI=1S/C26H32N2O4/c1-26(2,3)20-9-6-18(7-10-20)25(30)27-13-12-24(29)28-14-4-5-21(28)19-8-11-22-23(17-19)32-16-15-31-22/h6-11,17,21H,4-5,12-16H2,1-3H3,(H,27,30). The average molecular weight is 437 g/mol. The topological polar surface area (TPSA) is 67.9 Å². The number of carbonyl (C=O) groups is 2. The molecule has 2 aromatic carbocycles. The zero-order valence-electron chi connectivity index (χ0n) is 19.1. The Morgan fingerprint density at radius 2 is 1.75 bits per heavy atom. The molecule has 0 aromatic heterocycles. The summed E-state index contributed by atoms with van der Waals surface area (Å²) >= 11 is 0. The number of benzene rings is 2. The summed E-state index contributed by atoms with van der Waals surface area (Å²) < 4.78 is 11.3. The summed E-state index contributed by atoms with van der Waals surface area (Å²) in [5, 5.41) is 2.88. The van der Waals surface area contributed by atoms with E-state index in [1.165, 1.54) is 5.56 Å². The molecule has 0 spiro atoms. The highest BCUT2D eigenvalue weighted by Gasteiger charge is 2.30. The SMILES string of the molecule is CC(C)(C)c1ccc(C(=O)NCCC(=O)N2CCCC2c2ccc3c(c2)OCCO3)cc1. The molecular formula is C26H32N2O4. The Kier molecular flexibility index (Phi) is 6.40. The summed E-state index contributed by atoms with van der Waals surface area (Å²) in [5.41, 5.74) is 2.91. The number of hydrogen-bond acceptors (Lipinski definition) is 4. The van der Waals surface area contributed by atoms with E-state index < -0.39 is 0 Å². The number of hydrogen-bond donors (Lipinski definition) is 1. The number of likely N-dealkylation sites (tertiary alicyclic amines) is 1. The smallest absolute Gasteiger partial charge is 0.251 e. The van der Waals surface area contributed by atoms with Crippen LogP contribution in [0.5, 0.6) is 11.5 Å². The maximum atomic E-state index is 12.9. The Morgan fingerprint density at radius 3 is 2.47 bits per heavy atom. The van der Waals surface area contributed by atoms with Gasteiger partial charge in [0.1, 0.15) is 13.2 Å². The Hall–Kier alpha value is -3.02. The van der Waals surface area contributed by atoms with Gasteiger partial charge in [0.2, 0.25) is 5.91 Å². The average Bonchev–Trinajstić information content (AvgIpc) is 3.28. The third-order valence-corrected chi connectivity index (χ3v) is 6.16. The van der Waals surface area contributed by atoms with Crippen molar-refractivity contribution in [2.45, 2.75) is 51.5 Å². The van der Waals surface area contributed by atoms with Crippen molar-refractivity contribution in [3.8, 4) is 11.5 Å². The first-order valence-electron chi connectivity index (χ1n) is 11.4. The molecule has 0 bridgehead atoms. The van der Waals surface area contributed by atoms with Crippen LogP contribution < -0.4 is 14.8 Å². The summed E-state index contributed by atoms with van der Waals surface area (Å²) in [7, 11) is 0. The second-order valence-corrected chi connectivity index (χ2v) is 9.48. The molecule has 1 saturated heterocycles. The van der Waals surface area contributed by atoms with Crippen LogP contribution >= 0.6 is 0 Å². The molecule has 2 aromatic rings. The van der Waals surface area contributed by atoms with Gasteiger partial charge < -0.3 is 19.7 Å². The van der Waals surface area contributed by atoms with Gasteiger partial charge in [-0.15, -0.1) is 0 Å². The third kappa shape index (κ3) is 4.90. The van der Waals surface area contributed by atoms with E-state index in [-0.39, 0.29) is 29.7 Å². The molecule has 1 atom stereocenters. The zero-order valence-corrected chi connectivity index (χ0v) is 19.1. The van der Waals surface area contributed by atoms with Crippen LogP contribution in [0.3, 0.4) is 0 Å². The number of ether oxygens (including phenoxy) is 2. The van der Waals surface area contributed by atoms with Crippen molar-refractivity contribution in [3.63, 3.8) is 0 Å². The van der Waals surface area contributed by atoms with Crippen LogP contribution in [-0.4, -0.2) is 43.0 Å². The summed E-state index contributed by atoms with van der Waals surface area (Å²) in [6.45, 7) is 8.59. The summed E-state index contributed by atoms with van der Waals surface area (Å²) in [5.74, 6) is 1.42. The van der Waals surface area contributed by atoms with Crippen LogP contribution in [0.4, 0.5) is 0 Å². The van der Waals surface area contributed by atoms with Crippen molar-refractivity contribution in [1.29, 1.82) is 0 Å². The van der Waals surface area contributed by atoms with E-state index in [1.54, 1.807) is 0 Å². The second kappa shape index (κ2) is 9.23. The fourth-order valence-corrected chi connectivity index (χ4v) is 4.33. The van der Waals surface area contributed by atoms with Crippen molar-refractivity contribution in [1.82, 2.24) is 10.2 Å². The molecule has 2 amide bonds. The highest BCUT2D eigenvalue weighted by molar-refractivity contribution is 5.94. The molecule has 1 N–H and O–H groups in total. The molecule has 2 aliphatic rings. The molecule has 6 nitrogen and oxygen atoms in total. The number of carbonyl (C=O) groups excluding carboxylic acids is 2. The lowest BCUT2D eigenvalue weighted by Crippen LogP contribution is -2.34. The molecule has 4 rings (SSSR count). The van der Waals surface area contributed by atoms with Crippen molar-refractivity contribution >= 4 is 11.8 Å². The molecule has 170 valence electrons. The van der Waals surface area contributed by atoms with Gasteiger partial charge in [-0.05, 0) is 53.6 Å². The lowest BCUT2D eigenvalue weighted by Gasteiger charge is -2.27. The van der Waals surface area contributed by atoms with E-state index in [0.717, 1.165) is 36.4 Å². The van der Waals surface area contributed by atoms with E-state index in [1.807, 2.05) is 47.4 Å². The van der Waals surface area contributed by atoms with Crippen LogP contribution in [0.1, 0.15) is 67.6 Å². The van der Waals surface area contributed by atoms with Gasteiger partial charge in [0, 0.05) is 25.1 Å². The first kappa shape index (κ1) is 22.2. The molecule has 1 fully saturated rings. The van der Waals surface area contributed by atoms with Gasteiger partial charge >= 0.3 is 0 Å². The normalized spacial score (nSPS) is 17.8. The Morgan fingerprint density at radius 1 is 1.03 bits per heavy atom. The summed E-state index contributed by atoms with van der Waals surface area (Å²) in [6, 6.07) is 13.6. The van der Waals surface area contributed by atoms with Crippen LogP contribution in [0.25, 0.3) is 0 Å². The van der Waals surface area contributed by atoms with Crippen LogP contribution in [0.2, 0.25) is 0 Å². The van der Waals surface area contributed by atoms with Gasteiger partial charge in [-0.3, -0.25) is 9.59 Å². The first-order valence-corrected chi connectivity index (χ1v) is 11.4. The van der Waals surface area contributed by atoms with E-state index >= 15 is 0 Å². The Labute approximate surface area is 189 Å². The molecule has 0 aliphatic carbocycles. The third-order valence-electron chi connectivity index (χ3n) is 6.16. The maximum Gasteiger partial charge on any atom is 0.251 e. The number of amides is 2. The predicted octanol–water partition coefficient (Wildman–Crippen LogP) is 4.24. The molecule has 0 saturated carbocycles. The van der Waals surface area contributed by atoms with Crippen molar-refractivity contribution < 1.29 is 19.1 Å².